The second-order valence-electron chi connectivity index (χ2n) is 14.8. The fourth-order valence-corrected chi connectivity index (χ4v) is 7.47. The Balaban J connectivity index is 1.91. The van der Waals surface area contributed by atoms with Gasteiger partial charge in [0.1, 0.15) is 22.7 Å². The van der Waals surface area contributed by atoms with Gasteiger partial charge in [0.25, 0.3) is 0 Å². The average Bonchev–Trinajstić information content (AvgIpc) is 3.10. The Hall–Kier alpha value is -4.15. The van der Waals surface area contributed by atoms with Gasteiger partial charge in [0.2, 0.25) is 0 Å². The number of carbonyl (C=O) groups excluding carboxylic acids is 1. The van der Waals surface area contributed by atoms with E-state index in [4.69, 9.17) is 22.4 Å². The van der Waals surface area contributed by atoms with Crippen molar-refractivity contribution >= 4 is 36.3 Å². The predicted molar refractivity (Wildman–Crippen MR) is 193 cm³/mol. The number of hydrogen-bond donors (Lipinski definition) is 0. The Kier molecular flexibility index (Phi) is 9.07. The van der Waals surface area contributed by atoms with Crippen LogP contribution < -0.4 is 9.26 Å². The van der Waals surface area contributed by atoms with Gasteiger partial charge < -0.3 is 22.4 Å². The third-order valence-electron chi connectivity index (χ3n) is 8.35. The lowest BCUT2D eigenvalue weighted by Gasteiger charge is -2.28. The quantitative estimate of drug-likeness (QED) is 0.142. The SMILES string of the molecule is COC(=O)Oc1c(-c2cc(C)cc(C(C)(C)C)c2Op2oc3c(C)cc(C)cc3c3cc(C)cc(C)c3o2)cc(C)cc1C(C)(C)C. The molecule has 5 rings (SSSR count). The Morgan fingerprint density at radius 1 is 0.596 bits per heavy atom. The highest BCUT2D eigenvalue weighted by Crippen LogP contribution is 2.50. The maximum atomic E-state index is 12.7. The maximum Gasteiger partial charge on any atom is 0.513 e. The Morgan fingerprint density at radius 3 is 1.43 bits per heavy atom. The third-order valence-corrected chi connectivity index (χ3v) is 9.35. The molecule has 5 aromatic rings. The van der Waals surface area contributed by atoms with E-state index in [0.717, 1.165) is 77.6 Å². The van der Waals surface area contributed by atoms with Crippen molar-refractivity contribution < 1.29 is 27.2 Å². The van der Waals surface area contributed by atoms with Gasteiger partial charge in [-0.15, -0.1) is 0 Å². The first-order chi connectivity index (χ1) is 21.9. The highest BCUT2D eigenvalue weighted by molar-refractivity contribution is 7.32. The molecule has 6 nitrogen and oxygen atoms in total. The van der Waals surface area contributed by atoms with Crippen LogP contribution >= 0.6 is 8.24 Å². The smallest absolute Gasteiger partial charge is 0.437 e. The van der Waals surface area contributed by atoms with E-state index in [-0.39, 0.29) is 10.8 Å². The summed E-state index contributed by atoms with van der Waals surface area (Å²) in [5.41, 5.74) is 10.6. The first-order valence-electron chi connectivity index (χ1n) is 16.0. The predicted octanol–water partition coefficient (Wildman–Crippen LogP) is 12.4. The second-order valence-corrected chi connectivity index (χ2v) is 15.8. The van der Waals surface area contributed by atoms with Crippen molar-refractivity contribution in [2.75, 3.05) is 7.11 Å². The molecule has 0 unspecified atom stereocenters. The average molecular weight is 655 g/mol. The van der Waals surface area contributed by atoms with Gasteiger partial charge in [0.15, 0.2) is 0 Å². The first-order valence-corrected chi connectivity index (χ1v) is 17.1. The largest absolute Gasteiger partial charge is 0.513 e. The van der Waals surface area contributed by atoms with E-state index in [1.165, 1.54) is 7.11 Å². The van der Waals surface area contributed by atoms with E-state index in [1.807, 2.05) is 13.0 Å². The van der Waals surface area contributed by atoms with Crippen molar-refractivity contribution in [3.8, 4) is 22.6 Å². The van der Waals surface area contributed by atoms with Crippen LogP contribution in [0, 0.1) is 41.5 Å². The molecule has 0 bridgehead atoms. The van der Waals surface area contributed by atoms with Gasteiger partial charge in [-0.1, -0.05) is 65.8 Å². The molecule has 4 aromatic carbocycles. The lowest BCUT2D eigenvalue weighted by Crippen LogP contribution is -2.18. The summed E-state index contributed by atoms with van der Waals surface area (Å²) in [4.78, 5) is 12.7. The monoisotopic (exact) mass is 654 g/mol. The molecule has 0 fully saturated rings. The Bertz CT molecular complexity index is 2000. The van der Waals surface area contributed by atoms with Crippen LogP contribution in [0.4, 0.5) is 4.79 Å². The number of fused-ring (bicyclic) bond motifs is 3. The van der Waals surface area contributed by atoms with Crippen LogP contribution in [0.2, 0.25) is 0 Å². The summed E-state index contributed by atoms with van der Waals surface area (Å²) in [5.74, 6) is 1.06. The molecule has 0 saturated heterocycles. The summed E-state index contributed by atoms with van der Waals surface area (Å²) in [7, 11) is -0.662. The van der Waals surface area contributed by atoms with E-state index in [9.17, 15) is 4.79 Å². The molecular weight excluding hydrogens is 607 g/mol. The molecule has 0 atom stereocenters. The fourth-order valence-electron chi connectivity index (χ4n) is 6.22. The van der Waals surface area contributed by atoms with Gasteiger partial charge in [0, 0.05) is 33.0 Å². The van der Waals surface area contributed by atoms with Crippen molar-refractivity contribution in [3.05, 3.63) is 93.0 Å². The van der Waals surface area contributed by atoms with Crippen molar-refractivity contribution in [1.29, 1.82) is 0 Å². The minimum absolute atomic E-state index is 0.312. The minimum atomic E-state index is -1.98. The number of aryl methyl sites for hydroxylation is 6. The topological polar surface area (TPSA) is 71.0 Å². The number of hydrogen-bond acceptors (Lipinski definition) is 6. The molecule has 7 heteroatoms. The highest BCUT2D eigenvalue weighted by Gasteiger charge is 2.30. The van der Waals surface area contributed by atoms with E-state index >= 15 is 0 Å². The molecule has 1 heterocycles. The number of carbonyl (C=O) groups is 1. The van der Waals surface area contributed by atoms with Crippen molar-refractivity contribution in [2.45, 2.75) is 93.9 Å². The van der Waals surface area contributed by atoms with Crippen molar-refractivity contribution in [1.82, 2.24) is 0 Å². The summed E-state index contributed by atoms with van der Waals surface area (Å²) in [6.07, 6.45) is -0.781. The van der Waals surface area contributed by atoms with Crippen LogP contribution in [-0.4, -0.2) is 13.3 Å². The van der Waals surface area contributed by atoms with E-state index in [1.54, 1.807) is 0 Å². The molecule has 248 valence electrons. The van der Waals surface area contributed by atoms with E-state index in [2.05, 4.69) is 119 Å². The molecule has 0 amide bonds. The van der Waals surface area contributed by atoms with Gasteiger partial charge in [-0.05, 0) is 110 Å². The molecule has 0 aliphatic carbocycles. The highest BCUT2D eigenvalue weighted by atomic mass is 31.1. The molecule has 0 radical (unpaired) electrons. The summed E-state index contributed by atoms with van der Waals surface area (Å²) in [5, 5.41) is 1.97. The lowest BCUT2D eigenvalue weighted by atomic mass is 9.80. The normalized spacial score (nSPS) is 12.0. The van der Waals surface area contributed by atoms with Gasteiger partial charge in [-0.2, -0.15) is 0 Å². The lowest BCUT2D eigenvalue weighted by molar-refractivity contribution is 0.121. The standard InChI is InChI=1S/C40H47O6P/c1-22-14-26(5)34-28(16-22)29-17-23(2)15-27(6)35(29)45-47(44-34)46-37-31(19-25(4)21-33(37)40(10,11)12)30-18-24(3)20-32(39(7,8)9)36(30)43-38(41)42-13/h14-21H,1-13H3. The van der Waals surface area contributed by atoms with Crippen molar-refractivity contribution in [3.63, 3.8) is 0 Å². The van der Waals surface area contributed by atoms with E-state index < -0.39 is 14.4 Å². The zero-order valence-corrected chi connectivity index (χ0v) is 30.9. The van der Waals surface area contributed by atoms with Crippen LogP contribution in [0.15, 0.2) is 56.9 Å². The Morgan fingerprint density at radius 2 is 1.00 bits per heavy atom. The van der Waals surface area contributed by atoms with Gasteiger partial charge in [-0.3, -0.25) is 0 Å². The summed E-state index contributed by atoms with van der Waals surface area (Å²) in [6, 6.07) is 16.9. The number of rotatable bonds is 4. The van der Waals surface area contributed by atoms with Crippen molar-refractivity contribution in [2.24, 2.45) is 0 Å². The van der Waals surface area contributed by atoms with Gasteiger partial charge in [0.05, 0.1) is 7.11 Å². The minimum Gasteiger partial charge on any atom is -0.437 e. The summed E-state index contributed by atoms with van der Waals surface area (Å²) < 4.78 is 31.5. The molecular formula is C40H47O6P. The molecule has 47 heavy (non-hydrogen) atoms. The summed E-state index contributed by atoms with van der Waals surface area (Å²) >= 11 is 0. The molecule has 1 aromatic heterocycles. The summed E-state index contributed by atoms with van der Waals surface area (Å²) in [6.45, 7) is 25.2. The van der Waals surface area contributed by atoms with E-state index in [0.29, 0.717) is 11.5 Å². The van der Waals surface area contributed by atoms with Gasteiger partial charge >= 0.3 is 14.4 Å². The van der Waals surface area contributed by atoms with Crippen LogP contribution in [0.3, 0.4) is 0 Å². The number of benzene rings is 4. The first kappa shape index (κ1) is 34.2. The maximum absolute atomic E-state index is 12.7. The fraction of sp³-hybridized carbons (Fsp3) is 0.375. The zero-order valence-electron chi connectivity index (χ0n) is 30.0. The zero-order chi connectivity index (χ0) is 34.6. The number of methoxy groups -OCH3 is 1. The third kappa shape index (κ3) is 6.94. The molecule has 0 saturated carbocycles. The molecule has 0 spiro atoms. The van der Waals surface area contributed by atoms with Crippen LogP contribution in [0.5, 0.6) is 11.5 Å². The Labute approximate surface area is 279 Å². The molecule has 0 aliphatic heterocycles. The molecule has 0 aliphatic rings. The molecule has 0 N–H and O–H groups in total. The van der Waals surface area contributed by atoms with Crippen LogP contribution in [0.25, 0.3) is 33.1 Å². The van der Waals surface area contributed by atoms with Gasteiger partial charge in [-0.25, -0.2) is 4.79 Å². The van der Waals surface area contributed by atoms with Crippen LogP contribution in [0.1, 0.15) is 86.1 Å². The van der Waals surface area contributed by atoms with Crippen LogP contribution in [-0.2, 0) is 15.6 Å². The number of ether oxygens (including phenoxy) is 2. The second kappa shape index (κ2) is 12.5.